The minimum absolute atomic E-state index is 0.113. The van der Waals surface area contributed by atoms with Gasteiger partial charge in [-0.1, -0.05) is 42.8 Å². The molecule has 3 rings (SSSR count). The monoisotopic (exact) mass is 377 g/mol. The number of hydrogen-bond acceptors (Lipinski definition) is 4. The second-order valence-corrected chi connectivity index (χ2v) is 8.69. The van der Waals surface area contributed by atoms with Crippen molar-refractivity contribution in [2.24, 2.45) is 0 Å². The normalized spacial score (nSPS) is 11.6. The van der Waals surface area contributed by atoms with Gasteiger partial charge in [0.05, 0.1) is 16.3 Å². The molecule has 0 spiro atoms. The molecule has 124 valence electrons. The summed E-state index contributed by atoms with van der Waals surface area (Å²) >= 11 is 7.27. The third-order valence-electron chi connectivity index (χ3n) is 3.67. The molecule has 3 aromatic rings. The summed E-state index contributed by atoms with van der Waals surface area (Å²) in [6.07, 6.45) is 0.989. The fourth-order valence-electron chi connectivity index (χ4n) is 2.31. The molecule has 6 heteroatoms. The zero-order valence-electron chi connectivity index (χ0n) is 13.1. The molecule has 2 aromatic carbocycles. The number of aromatic nitrogens is 1. The fraction of sp³-hybridized carbons (Fsp3) is 0.167. The molecular formula is C18H16ClNO2S2. The van der Waals surface area contributed by atoms with E-state index in [0.717, 1.165) is 17.0 Å². The van der Waals surface area contributed by atoms with Gasteiger partial charge in [-0.3, -0.25) is 0 Å². The Hall–Kier alpha value is -1.69. The molecule has 1 heterocycles. The number of nitrogens with zero attached hydrogens (tertiary/aromatic N) is 1. The van der Waals surface area contributed by atoms with Gasteiger partial charge in [-0.2, -0.15) is 0 Å². The van der Waals surface area contributed by atoms with E-state index < -0.39 is 9.84 Å². The molecule has 0 N–H and O–H groups in total. The smallest absolute Gasteiger partial charge is 0.184 e. The van der Waals surface area contributed by atoms with Crippen molar-refractivity contribution in [3.05, 3.63) is 70.2 Å². The van der Waals surface area contributed by atoms with Crippen LogP contribution in [0.1, 0.15) is 18.2 Å². The Morgan fingerprint density at radius 2 is 1.71 bits per heavy atom. The van der Waals surface area contributed by atoms with Crippen molar-refractivity contribution in [2.75, 3.05) is 0 Å². The molecule has 24 heavy (non-hydrogen) atoms. The predicted molar refractivity (Wildman–Crippen MR) is 99.3 cm³/mol. The van der Waals surface area contributed by atoms with Crippen LogP contribution in [0.4, 0.5) is 0 Å². The number of halogens is 1. The fourth-order valence-corrected chi connectivity index (χ4v) is 4.62. The second-order valence-electron chi connectivity index (χ2n) is 5.41. The van der Waals surface area contributed by atoms with Gasteiger partial charge < -0.3 is 0 Å². The minimum atomic E-state index is -3.42. The number of rotatable bonds is 5. The first-order chi connectivity index (χ1) is 11.5. The lowest BCUT2D eigenvalue weighted by Crippen LogP contribution is -2.05. The van der Waals surface area contributed by atoms with Crippen LogP contribution in [0.2, 0.25) is 5.02 Å². The SMILES string of the molecule is CCc1ccc(-c2nc(CS(=O)(=O)c3ccc(Cl)cc3)cs2)cc1. The van der Waals surface area contributed by atoms with Crippen molar-refractivity contribution in [3.8, 4) is 10.6 Å². The van der Waals surface area contributed by atoms with Crippen LogP contribution in [0.25, 0.3) is 10.6 Å². The van der Waals surface area contributed by atoms with Crippen LogP contribution in [-0.4, -0.2) is 13.4 Å². The molecule has 0 amide bonds. The average molecular weight is 378 g/mol. The van der Waals surface area contributed by atoms with E-state index in [2.05, 4.69) is 24.0 Å². The molecular weight excluding hydrogens is 362 g/mol. The van der Waals surface area contributed by atoms with Crippen molar-refractivity contribution < 1.29 is 8.42 Å². The Bertz CT molecular complexity index is 930. The maximum absolute atomic E-state index is 12.5. The average Bonchev–Trinajstić information content (AvgIpc) is 3.03. The topological polar surface area (TPSA) is 47.0 Å². The summed E-state index contributed by atoms with van der Waals surface area (Å²) < 4.78 is 24.9. The summed E-state index contributed by atoms with van der Waals surface area (Å²) in [5, 5.41) is 3.15. The van der Waals surface area contributed by atoms with Gasteiger partial charge in [0.25, 0.3) is 0 Å². The number of sulfone groups is 1. The highest BCUT2D eigenvalue weighted by molar-refractivity contribution is 7.90. The van der Waals surface area contributed by atoms with Crippen LogP contribution in [0.3, 0.4) is 0 Å². The summed E-state index contributed by atoms with van der Waals surface area (Å²) in [5.74, 6) is -0.113. The number of thiazole rings is 1. The van der Waals surface area contributed by atoms with Crippen molar-refractivity contribution in [1.82, 2.24) is 4.98 Å². The Morgan fingerprint density at radius 1 is 1.04 bits per heavy atom. The lowest BCUT2D eigenvalue weighted by Gasteiger charge is -2.02. The molecule has 0 saturated heterocycles. The molecule has 0 aliphatic rings. The molecule has 1 aromatic heterocycles. The van der Waals surface area contributed by atoms with Gasteiger partial charge >= 0.3 is 0 Å². The second kappa shape index (κ2) is 7.05. The Morgan fingerprint density at radius 3 is 2.33 bits per heavy atom. The molecule has 0 fully saturated rings. The summed E-state index contributed by atoms with van der Waals surface area (Å²) in [6, 6.07) is 14.4. The van der Waals surface area contributed by atoms with E-state index >= 15 is 0 Å². The van der Waals surface area contributed by atoms with E-state index in [9.17, 15) is 8.42 Å². The van der Waals surface area contributed by atoms with Crippen molar-refractivity contribution >= 4 is 32.8 Å². The number of hydrogen-bond donors (Lipinski definition) is 0. The molecule has 0 unspecified atom stereocenters. The highest BCUT2D eigenvalue weighted by Gasteiger charge is 2.17. The highest BCUT2D eigenvalue weighted by Crippen LogP contribution is 2.26. The molecule has 0 aliphatic carbocycles. The van der Waals surface area contributed by atoms with E-state index in [1.165, 1.54) is 29.0 Å². The van der Waals surface area contributed by atoms with E-state index in [1.807, 2.05) is 12.1 Å². The minimum Gasteiger partial charge on any atom is -0.240 e. The largest absolute Gasteiger partial charge is 0.240 e. The van der Waals surface area contributed by atoms with Gasteiger partial charge in [-0.25, -0.2) is 13.4 Å². The summed E-state index contributed by atoms with van der Waals surface area (Å²) in [5.41, 5.74) is 2.83. The summed E-state index contributed by atoms with van der Waals surface area (Å²) in [4.78, 5) is 4.74. The van der Waals surface area contributed by atoms with Crippen LogP contribution < -0.4 is 0 Å². The summed E-state index contributed by atoms with van der Waals surface area (Å²) in [7, 11) is -3.42. The van der Waals surface area contributed by atoms with Gasteiger partial charge in [-0.15, -0.1) is 11.3 Å². The highest BCUT2D eigenvalue weighted by atomic mass is 35.5. The zero-order chi connectivity index (χ0) is 17.2. The molecule has 3 nitrogen and oxygen atoms in total. The van der Waals surface area contributed by atoms with Gasteiger partial charge in [0.2, 0.25) is 0 Å². The Balaban J connectivity index is 1.81. The van der Waals surface area contributed by atoms with E-state index in [-0.39, 0.29) is 10.6 Å². The van der Waals surface area contributed by atoms with Crippen molar-refractivity contribution in [1.29, 1.82) is 0 Å². The first kappa shape index (κ1) is 17.1. The van der Waals surface area contributed by atoms with E-state index in [0.29, 0.717) is 10.7 Å². The first-order valence-corrected chi connectivity index (χ1v) is 10.4. The Kier molecular flexibility index (Phi) is 5.04. The zero-order valence-corrected chi connectivity index (χ0v) is 15.5. The first-order valence-electron chi connectivity index (χ1n) is 7.50. The molecule has 0 atom stereocenters. The van der Waals surface area contributed by atoms with Crippen LogP contribution in [0, 0.1) is 0 Å². The van der Waals surface area contributed by atoms with Crippen LogP contribution in [-0.2, 0) is 22.0 Å². The van der Waals surface area contributed by atoms with Gasteiger partial charge in [0.15, 0.2) is 9.84 Å². The number of benzene rings is 2. The lowest BCUT2D eigenvalue weighted by molar-refractivity contribution is 0.595. The maximum atomic E-state index is 12.5. The summed E-state index contributed by atoms with van der Waals surface area (Å²) in [6.45, 7) is 2.11. The van der Waals surface area contributed by atoms with Gasteiger partial charge in [0.1, 0.15) is 5.01 Å². The quantitative estimate of drug-likeness (QED) is 0.628. The van der Waals surface area contributed by atoms with E-state index in [4.69, 9.17) is 11.6 Å². The van der Waals surface area contributed by atoms with Crippen molar-refractivity contribution in [2.45, 2.75) is 24.0 Å². The van der Waals surface area contributed by atoms with Crippen LogP contribution in [0.5, 0.6) is 0 Å². The third-order valence-corrected chi connectivity index (χ3v) is 6.53. The molecule has 0 aliphatic heterocycles. The van der Waals surface area contributed by atoms with E-state index in [1.54, 1.807) is 17.5 Å². The van der Waals surface area contributed by atoms with Gasteiger partial charge in [-0.05, 0) is 36.2 Å². The standard InChI is InChI=1S/C18H16ClNO2S2/c1-2-13-3-5-14(6-4-13)18-20-16(11-23-18)12-24(21,22)17-9-7-15(19)8-10-17/h3-11H,2,12H2,1H3. The van der Waals surface area contributed by atoms with Crippen LogP contribution in [0.15, 0.2) is 58.8 Å². The third kappa shape index (κ3) is 3.86. The van der Waals surface area contributed by atoms with Crippen LogP contribution >= 0.6 is 22.9 Å². The molecule has 0 bridgehead atoms. The number of aryl methyl sites for hydroxylation is 1. The van der Waals surface area contributed by atoms with Crippen molar-refractivity contribution in [3.63, 3.8) is 0 Å². The van der Waals surface area contributed by atoms with Gasteiger partial charge in [0, 0.05) is 16.0 Å². The molecule has 0 saturated carbocycles. The maximum Gasteiger partial charge on any atom is 0.184 e. The molecule has 0 radical (unpaired) electrons. The lowest BCUT2D eigenvalue weighted by atomic mass is 10.1. The Labute approximate surface area is 150 Å². The predicted octanol–water partition coefficient (Wildman–Crippen LogP) is 5.00.